The molecular formula is C13H20ClN3O. The van der Waals surface area contributed by atoms with Gasteiger partial charge >= 0.3 is 0 Å². The standard InChI is InChI=1S/C13H20ClN3O/c1-10-7-11(14)8-12(13(10)18-2)16-9-17-5-3-15-4-6-17/h7-8,15-16H,3-6,9H2,1-2H3. The van der Waals surface area contributed by atoms with Crippen LogP contribution < -0.4 is 15.4 Å². The van der Waals surface area contributed by atoms with Crippen LogP contribution in [0.4, 0.5) is 5.69 Å². The monoisotopic (exact) mass is 269 g/mol. The molecule has 0 unspecified atom stereocenters. The molecule has 0 radical (unpaired) electrons. The molecule has 0 saturated carbocycles. The molecule has 4 nitrogen and oxygen atoms in total. The molecule has 2 rings (SSSR count). The van der Waals surface area contributed by atoms with Crippen LogP contribution in [-0.4, -0.2) is 44.9 Å². The molecule has 0 aliphatic carbocycles. The number of rotatable bonds is 4. The molecule has 18 heavy (non-hydrogen) atoms. The van der Waals surface area contributed by atoms with Gasteiger partial charge in [0.2, 0.25) is 0 Å². The first kappa shape index (κ1) is 13.5. The molecule has 1 aliphatic heterocycles. The highest BCUT2D eigenvalue weighted by Gasteiger charge is 2.11. The van der Waals surface area contributed by atoms with Gasteiger partial charge in [0.25, 0.3) is 0 Å². The maximum atomic E-state index is 6.08. The van der Waals surface area contributed by atoms with Gasteiger partial charge in [-0.15, -0.1) is 0 Å². The molecule has 1 aliphatic rings. The molecule has 0 atom stereocenters. The van der Waals surface area contributed by atoms with E-state index in [9.17, 15) is 0 Å². The maximum Gasteiger partial charge on any atom is 0.144 e. The van der Waals surface area contributed by atoms with Crippen molar-refractivity contribution in [3.8, 4) is 5.75 Å². The zero-order valence-electron chi connectivity index (χ0n) is 10.9. The number of nitrogens with one attached hydrogen (secondary N) is 2. The average Bonchev–Trinajstić information content (AvgIpc) is 2.37. The summed E-state index contributed by atoms with van der Waals surface area (Å²) in [7, 11) is 1.69. The van der Waals surface area contributed by atoms with Crippen molar-refractivity contribution in [3.05, 3.63) is 22.7 Å². The number of anilines is 1. The fourth-order valence-corrected chi connectivity index (χ4v) is 2.47. The van der Waals surface area contributed by atoms with E-state index in [0.29, 0.717) is 0 Å². The molecule has 2 N–H and O–H groups in total. The van der Waals surface area contributed by atoms with Crippen molar-refractivity contribution in [1.82, 2.24) is 10.2 Å². The summed E-state index contributed by atoms with van der Waals surface area (Å²) >= 11 is 6.08. The van der Waals surface area contributed by atoms with Crippen LogP contribution in [0, 0.1) is 6.92 Å². The minimum Gasteiger partial charge on any atom is -0.494 e. The summed E-state index contributed by atoms with van der Waals surface area (Å²) in [6.45, 7) is 7.04. The number of hydrogen-bond acceptors (Lipinski definition) is 4. The average molecular weight is 270 g/mol. The van der Waals surface area contributed by atoms with Crippen molar-refractivity contribution in [2.24, 2.45) is 0 Å². The number of nitrogens with zero attached hydrogens (tertiary/aromatic N) is 1. The lowest BCUT2D eigenvalue weighted by molar-refractivity contribution is 0.256. The Bertz CT molecular complexity index is 405. The van der Waals surface area contributed by atoms with E-state index in [2.05, 4.69) is 15.5 Å². The summed E-state index contributed by atoms with van der Waals surface area (Å²) in [6, 6.07) is 3.83. The first-order valence-corrected chi connectivity index (χ1v) is 6.59. The van der Waals surface area contributed by atoms with Gasteiger partial charge in [0, 0.05) is 31.2 Å². The summed E-state index contributed by atoms with van der Waals surface area (Å²) in [5, 5.41) is 7.48. The Balaban J connectivity index is 2.03. The van der Waals surface area contributed by atoms with Gasteiger partial charge < -0.3 is 15.4 Å². The minimum atomic E-state index is 0.733. The van der Waals surface area contributed by atoms with Crippen molar-refractivity contribution < 1.29 is 4.74 Å². The Morgan fingerprint density at radius 2 is 2.11 bits per heavy atom. The zero-order valence-corrected chi connectivity index (χ0v) is 11.7. The number of ether oxygens (including phenoxy) is 1. The SMILES string of the molecule is COc1c(C)cc(Cl)cc1NCN1CCNCC1. The van der Waals surface area contributed by atoms with Crippen LogP contribution in [0.3, 0.4) is 0 Å². The van der Waals surface area contributed by atoms with Crippen molar-refractivity contribution >= 4 is 17.3 Å². The van der Waals surface area contributed by atoms with Crippen molar-refractivity contribution in [2.75, 3.05) is 45.3 Å². The first-order valence-electron chi connectivity index (χ1n) is 6.22. The highest BCUT2D eigenvalue weighted by Crippen LogP contribution is 2.31. The van der Waals surface area contributed by atoms with Crippen LogP contribution in [-0.2, 0) is 0 Å². The van der Waals surface area contributed by atoms with Crippen LogP contribution in [0.15, 0.2) is 12.1 Å². The van der Waals surface area contributed by atoms with E-state index in [1.807, 2.05) is 19.1 Å². The molecule has 0 bridgehead atoms. The molecule has 5 heteroatoms. The minimum absolute atomic E-state index is 0.733. The summed E-state index contributed by atoms with van der Waals surface area (Å²) in [5.74, 6) is 0.870. The van der Waals surface area contributed by atoms with Gasteiger partial charge in [0.05, 0.1) is 19.5 Å². The van der Waals surface area contributed by atoms with Crippen LogP contribution in [0.25, 0.3) is 0 Å². The molecule has 1 aromatic carbocycles. The number of hydrogen-bond donors (Lipinski definition) is 2. The van der Waals surface area contributed by atoms with Gasteiger partial charge in [-0.2, -0.15) is 0 Å². The van der Waals surface area contributed by atoms with Gasteiger partial charge in [-0.3, -0.25) is 4.90 Å². The van der Waals surface area contributed by atoms with Crippen molar-refractivity contribution in [1.29, 1.82) is 0 Å². The topological polar surface area (TPSA) is 36.5 Å². The predicted octanol–water partition coefficient (Wildman–Crippen LogP) is 1.93. The van der Waals surface area contributed by atoms with Crippen LogP contribution in [0.5, 0.6) is 5.75 Å². The summed E-state index contributed by atoms with van der Waals surface area (Å²) in [4.78, 5) is 2.37. The second kappa shape index (κ2) is 6.27. The molecule has 0 aromatic heterocycles. The van der Waals surface area contributed by atoms with E-state index in [-0.39, 0.29) is 0 Å². The van der Waals surface area contributed by atoms with Gasteiger partial charge in [-0.25, -0.2) is 0 Å². The van der Waals surface area contributed by atoms with Gasteiger partial charge in [-0.1, -0.05) is 11.6 Å². The van der Waals surface area contributed by atoms with E-state index in [1.54, 1.807) is 7.11 Å². The van der Waals surface area contributed by atoms with Crippen molar-refractivity contribution in [3.63, 3.8) is 0 Å². The Morgan fingerprint density at radius 1 is 1.39 bits per heavy atom. The number of benzene rings is 1. The van der Waals surface area contributed by atoms with Gasteiger partial charge in [-0.05, 0) is 24.6 Å². The lowest BCUT2D eigenvalue weighted by Crippen LogP contribution is -2.45. The number of halogens is 1. The lowest BCUT2D eigenvalue weighted by atomic mass is 10.2. The van der Waals surface area contributed by atoms with Crippen LogP contribution in [0.2, 0.25) is 5.02 Å². The maximum absolute atomic E-state index is 6.08. The lowest BCUT2D eigenvalue weighted by Gasteiger charge is -2.28. The number of aryl methyl sites for hydroxylation is 1. The quantitative estimate of drug-likeness (QED) is 0.876. The zero-order chi connectivity index (χ0) is 13.0. The Hall–Kier alpha value is -0.970. The predicted molar refractivity (Wildman–Crippen MR) is 75.7 cm³/mol. The van der Waals surface area contributed by atoms with E-state index in [0.717, 1.165) is 54.9 Å². The highest BCUT2D eigenvalue weighted by atomic mass is 35.5. The van der Waals surface area contributed by atoms with E-state index in [1.165, 1.54) is 0 Å². The molecule has 100 valence electrons. The highest BCUT2D eigenvalue weighted by molar-refractivity contribution is 6.31. The third-order valence-corrected chi connectivity index (χ3v) is 3.36. The molecule has 1 saturated heterocycles. The number of methoxy groups -OCH3 is 1. The van der Waals surface area contributed by atoms with Gasteiger partial charge in [0.15, 0.2) is 0 Å². The number of piperazine rings is 1. The molecule has 0 spiro atoms. The smallest absolute Gasteiger partial charge is 0.144 e. The fourth-order valence-electron chi connectivity index (χ4n) is 2.20. The molecule has 1 fully saturated rings. The summed E-state index contributed by atoms with van der Waals surface area (Å²) in [5.41, 5.74) is 2.01. The van der Waals surface area contributed by atoms with Crippen LogP contribution in [0.1, 0.15) is 5.56 Å². The first-order chi connectivity index (χ1) is 8.70. The third-order valence-electron chi connectivity index (χ3n) is 3.15. The van der Waals surface area contributed by atoms with Crippen LogP contribution >= 0.6 is 11.6 Å². The van der Waals surface area contributed by atoms with Gasteiger partial charge in [0.1, 0.15) is 5.75 Å². The second-order valence-electron chi connectivity index (χ2n) is 4.51. The normalized spacial score (nSPS) is 16.6. The van der Waals surface area contributed by atoms with Crippen molar-refractivity contribution in [2.45, 2.75) is 6.92 Å². The molecule has 1 aromatic rings. The second-order valence-corrected chi connectivity index (χ2v) is 4.94. The molecule has 0 amide bonds. The molecule has 1 heterocycles. The summed E-state index contributed by atoms with van der Waals surface area (Å²) in [6.07, 6.45) is 0. The van der Waals surface area contributed by atoms with E-state index in [4.69, 9.17) is 16.3 Å². The largest absolute Gasteiger partial charge is 0.494 e. The fraction of sp³-hybridized carbons (Fsp3) is 0.538. The Morgan fingerprint density at radius 3 is 2.78 bits per heavy atom. The summed E-state index contributed by atoms with van der Waals surface area (Å²) < 4.78 is 5.42. The van der Waals surface area contributed by atoms with E-state index >= 15 is 0 Å². The Kier molecular flexibility index (Phi) is 4.69. The van der Waals surface area contributed by atoms with E-state index < -0.39 is 0 Å². The third kappa shape index (κ3) is 3.28. The molecular weight excluding hydrogens is 250 g/mol. The Labute approximate surface area is 113 Å².